The van der Waals surface area contributed by atoms with E-state index in [1.807, 2.05) is 6.92 Å². The molecule has 1 aliphatic heterocycles. The lowest BCUT2D eigenvalue weighted by atomic mass is 10.0. The van der Waals surface area contributed by atoms with Crippen LogP contribution in [0.3, 0.4) is 0 Å². The summed E-state index contributed by atoms with van der Waals surface area (Å²) in [6, 6.07) is 2.14. The second-order valence-corrected chi connectivity index (χ2v) is 5.68. The van der Waals surface area contributed by atoms with Crippen LogP contribution in [0.4, 0.5) is 11.4 Å². The van der Waals surface area contributed by atoms with Crippen molar-refractivity contribution >= 4 is 11.4 Å². The number of nitrogens with zero attached hydrogens (tertiary/aromatic N) is 1. The first-order valence-corrected chi connectivity index (χ1v) is 7.28. The van der Waals surface area contributed by atoms with E-state index in [1.165, 1.54) is 6.42 Å². The number of ether oxygens (including phenoxy) is 2. The van der Waals surface area contributed by atoms with Crippen LogP contribution in [0, 0.1) is 12.8 Å². The lowest BCUT2D eigenvalue weighted by Crippen LogP contribution is -2.33. The molecule has 0 saturated heterocycles. The maximum Gasteiger partial charge on any atom is 0.186 e. The first-order valence-electron chi connectivity index (χ1n) is 7.28. The molecular formula is C16H26N2O2. The summed E-state index contributed by atoms with van der Waals surface area (Å²) in [5.41, 5.74) is 3.33. The van der Waals surface area contributed by atoms with Gasteiger partial charge in [-0.25, -0.2) is 0 Å². The van der Waals surface area contributed by atoms with Crippen LogP contribution >= 0.6 is 0 Å². The normalized spacial score (nSPS) is 18.5. The van der Waals surface area contributed by atoms with Crippen molar-refractivity contribution in [2.75, 3.05) is 31.5 Å². The van der Waals surface area contributed by atoms with E-state index in [0.717, 1.165) is 34.9 Å². The van der Waals surface area contributed by atoms with Gasteiger partial charge in [-0.15, -0.1) is 0 Å². The van der Waals surface area contributed by atoms with Crippen LogP contribution in [0.5, 0.6) is 11.5 Å². The Hall–Kier alpha value is -1.58. The van der Waals surface area contributed by atoms with Gasteiger partial charge < -0.3 is 19.7 Å². The monoisotopic (exact) mass is 278 g/mol. The Morgan fingerprint density at radius 3 is 2.50 bits per heavy atom. The van der Waals surface area contributed by atoms with Gasteiger partial charge in [-0.1, -0.05) is 20.3 Å². The van der Waals surface area contributed by atoms with Gasteiger partial charge in [-0.2, -0.15) is 0 Å². The van der Waals surface area contributed by atoms with Crippen molar-refractivity contribution in [1.29, 1.82) is 0 Å². The number of hydrogen-bond acceptors (Lipinski definition) is 4. The first kappa shape index (κ1) is 14.8. The maximum atomic E-state index is 5.60. The van der Waals surface area contributed by atoms with Crippen molar-refractivity contribution in [2.45, 2.75) is 39.8 Å². The van der Waals surface area contributed by atoms with Gasteiger partial charge in [0.2, 0.25) is 0 Å². The quantitative estimate of drug-likeness (QED) is 0.891. The maximum absolute atomic E-state index is 5.60. The third kappa shape index (κ3) is 2.39. The molecule has 0 aromatic heterocycles. The molecule has 2 unspecified atom stereocenters. The van der Waals surface area contributed by atoms with Crippen LogP contribution in [-0.4, -0.2) is 27.4 Å². The summed E-state index contributed by atoms with van der Waals surface area (Å²) in [5, 5.41) is 3.61. The molecule has 0 bridgehead atoms. The highest BCUT2D eigenvalue weighted by Crippen LogP contribution is 2.49. The van der Waals surface area contributed by atoms with Gasteiger partial charge in [-0.05, 0) is 30.9 Å². The summed E-state index contributed by atoms with van der Waals surface area (Å²) < 4.78 is 11.1. The molecule has 1 aromatic rings. The summed E-state index contributed by atoms with van der Waals surface area (Å²) in [6.07, 6.45) is 2.63. The van der Waals surface area contributed by atoms with Gasteiger partial charge in [-0.3, -0.25) is 0 Å². The Labute approximate surface area is 122 Å². The number of fused-ring (bicyclic) bond motifs is 1. The Kier molecular flexibility index (Phi) is 4.31. The van der Waals surface area contributed by atoms with E-state index < -0.39 is 0 Å². The van der Waals surface area contributed by atoms with E-state index in [4.69, 9.17) is 9.47 Å². The SMILES string of the molecule is CCC(C)CC1Nc2cc(C)c(OC)c(OC)c2N1C. The van der Waals surface area contributed by atoms with Crippen molar-refractivity contribution in [3.8, 4) is 11.5 Å². The van der Waals surface area contributed by atoms with E-state index >= 15 is 0 Å². The number of aryl methyl sites for hydroxylation is 1. The fraction of sp³-hybridized carbons (Fsp3) is 0.625. The molecule has 1 aliphatic rings. The molecule has 112 valence electrons. The number of methoxy groups -OCH3 is 2. The van der Waals surface area contributed by atoms with Crippen molar-refractivity contribution in [1.82, 2.24) is 0 Å². The summed E-state index contributed by atoms with van der Waals surface area (Å²) >= 11 is 0. The number of nitrogens with one attached hydrogen (secondary N) is 1. The van der Waals surface area contributed by atoms with E-state index in [9.17, 15) is 0 Å². The van der Waals surface area contributed by atoms with Crippen LogP contribution in [0.1, 0.15) is 32.3 Å². The van der Waals surface area contributed by atoms with Crippen molar-refractivity contribution in [3.63, 3.8) is 0 Å². The van der Waals surface area contributed by atoms with Crippen LogP contribution in [0.2, 0.25) is 0 Å². The lowest BCUT2D eigenvalue weighted by Gasteiger charge is -2.25. The molecule has 0 spiro atoms. The molecule has 4 heteroatoms. The lowest BCUT2D eigenvalue weighted by molar-refractivity contribution is 0.353. The van der Waals surface area contributed by atoms with Crippen LogP contribution < -0.4 is 19.7 Å². The predicted molar refractivity (Wildman–Crippen MR) is 84.2 cm³/mol. The molecule has 1 N–H and O–H groups in total. The van der Waals surface area contributed by atoms with Crippen LogP contribution in [0.25, 0.3) is 0 Å². The average molecular weight is 278 g/mol. The highest BCUT2D eigenvalue weighted by atomic mass is 16.5. The van der Waals surface area contributed by atoms with Crippen molar-refractivity contribution in [3.05, 3.63) is 11.6 Å². The Morgan fingerprint density at radius 1 is 1.30 bits per heavy atom. The molecule has 0 radical (unpaired) electrons. The molecule has 1 heterocycles. The molecule has 2 atom stereocenters. The van der Waals surface area contributed by atoms with Crippen LogP contribution in [-0.2, 0) is 0 Å². The average Bonchev–Trinajstić information content (AvgIpc) is 2.73. The highest BCUT2D eigenvalue weighted by Gasteiger charge is 2.32. The minimum atomic E-state index is 0.320. The number of anilines is 2. The zero-order valence-electron chi connectivity index (χ0n) is 13.4. The van der Waals surface area contributed by atoms with Gasteiger partial charge in [0.1, 0.15) is 5.69 Å². The fourth-order valence-electron chi connectivity index (χ4n) is 2.86. The summed E-state index contributed by atoms with van der Waals surface area (Å²) in [4.78, 5) is 2.27. The van der Waals surface area contributed by atoms with Gasteiger partial charge in [0.15, 0.2) is 11.5 Å². The Bertz CT molecular complexity index is 488. The van der Waals surface area contributed by atoms with Crippen LogP contribution in [0.15, 0.2) is 6.07 Å². The number of benzene rings is 1. The molecular weight excluding hydrogens is 252 g/mol. The number of rotatable bonds is 5. The molecule has 2 rings (SSSR count). The van der Waals surface area contributed by atoms with Crippen molar-refractivity contribution in [2.24, 2.45) is 5.92 Å². The smallest absolute Gasteiger partial charge is 0.186 e. The molecule has 20 heavy (non-hydrogen) atoms. The third-order valence-electron chi connectivity index (χ3n) is 4.27. The molecule has 4 nitrogen and oxygen atoms in total. The van der Waals surface area contributed by atoms with E-state index in [0.29, 0.717) is 12.1 Å². The molecule has 0 saturated carbocycles. The summed E-state index contributed by atoms with van der Waals surface area (Å²) in [5.74, 6) is 2.34. The largest absolute Gasteiger partial charge is 0.492 e. The minimum Gasteiger partial charge on any atom is -0.492 e. The van der Waals surface area contributed by atoms with Gasteiger partial charge in [0, 0.05) is 7.05 Å². The predicted octanol–water partition coefficient (Wildman–Crippen LogP) is 3.64. The second-order valence-electron chi connectivity index (χ2n) is 5.68. The second kappa shape index (κ2) is 5.81. The van der Waals surface area contributed by atoms with Gasteiger partial charge >= 0.3 is 0 Å². The third-order valence-corrected chi connectivity index (χ3v) is 4.27. The number of hydrogen-bond donors (Lipinski definition) is 1. The zero-order chi connectivity index (χ0) is 14.9. The Morgan fingerprint density at radius 2 is 1.95 bits per heavy atom. The highest BCUT2D eigenvalue weighted by molar-refractivity contribution is 5.85. The topological polar surface area (TPSA) is 33.7 Å². The molecule has 0 aliphatic carbocycles. The summed E-state index contributed by atoms with van der Waals surface area (Å²) in [6.45, 7) is 6.58. The molecule has 0 fully saturated rings. The fourth-order valence-corrected chi connectivity index (χ4v) is 2.86. The summed E-state index contributed by atoms with van der Waals surface area (Å²) in [7, 11) is 5.51. The van der Waals surface area contributed by atoms with E-state index in [1.54, 1.807) is 14.2 Å². The first-order chi connectivity index (χ1) is 9.53. The zero-order valence-corrected chi connectivity index (χ0v) is 13.4. The molecule has 0 amide bonds. The minimum absolute atomic E-state index is 0.320. The molecule has 1 aromatic carbocycles. The standard InChI is InChI=1S/C16H26N2O2/c1-7-10(2)8-13-17-12-9-11(3)15(19-5)16(20-6)14(12)18(13)4/h9-10,13,17H,7-8H2,1-6H3. The Balaban J connectivity index is 2.38. The van der Waals surface area contributed by atoms with Gasteiger partial charge in [0.25, 0.3) is 0 Å². The van der Waals surface area contributed by atoms with E-state index in [-0.39, 0.29) is 0 Å². The van der Waals surface area contributed by atoms with E-state index in [2.05, 4.69) is 37.2 Å². The van der Waals surface area contributed by atoms with Gasteiger partial charge in [0.05, 0.1) is 26.1 Å². The van der Waals surface area contributed by atoms with Crippen molar-refractivity contribution < 1.29 is 9.47 Å².